The molecular formula is C24H17ClINO4S. The zero-order valence-corrected chi connectivity index (χ0v) is 20.6. The smallest absolute Gasteiger partial charge is 0.298 e. The zero-order chi connectivity index (χ0) is 22.7. The molecule has 2 amide bonds. The third-order valence-electron chi connectivity index (χ3n) is 4.69. The molecule has 0 spiro atoms. The molecule has 0 aromatic heterocycles. The van der Waals surface area contributed by atoms with Crippen molar-refractivity contribution in [3.8, 4) is 11.5 Å². The molecule has 0 saturated carbocycles. The summed E-state index contributed by atoms with van der Waals surface area (Å²) < 4.78 is 12.3. The van der Waals surface area contributed by atoms with Crippen LogP contribution in [-0.2, 0) is 11.4 Å². The number of carbonyl (C=O) groups excluding carboxylic acids is 2. The summed E-state index contributed by atoms with van der Waals surface area (Å²) in [5.74, 6) is 0.763. The fourth-order valence-corrected chi connectivity index (χ4v) is 4.96. The first-order chi connectivity index (χ1) is 15.5. The van der Waals surface area contributed by atoms with Crippen LogP contribution in [0, 0.1) is 3.57 Å². The molecule has 1 fully saturated rings. The normalized spacial score (nSPS) is 14.8. The Bertz CT molecular complexity index is 1220. The van der Waals surface area contributed by atoms with Crippen molar-refractivity contribution in [2.75, 3.05) is 12.0 Å². The number of hydrogen-bond donors (Lipinski definition) is 0. The molecule has 3 aromatic rings. The molecule has 5 nitrogen and oxygen atoms in total. The minimum atomic E-state index is -0.348. The Morgan fingerprint density at radius 3 is 2.50 bits per heavy atom. The number of benzene rings is 3. The monoisotopic (exact) mass is 577 g/mol. The lowest BCUT2D eigenvalue weighted by Crippen LogP contribution is -2.27. The lowest BCUT2D eigenvalue weighted by Gasteiger charge is -2.14. The van der Waals surface area contributed by atoms with Gasteiger partial charge in [0.2, 0.25) is 0 Å². The largest absolute Gasteiger partial charge is 0.493 e. The van der Waals surface area contributed by atoms with E-state index in [1.54, 1.807) is 43.5 Å². The standard InChI is InChI=1S/C24H17ClINO4S/c1-30-20-12-15(11-19(26)22(20)31-14-16-7-5-6-10-18(16)25)13-21-23(28)27(24(29)32-21)17-8-3-2-4-9-17/h2-13H,14H2,1H3/b21-13-. The van der Waals surface area contributed by atoms with Gasteiger partial charge in [0.1, 0.15) is 6.61 Å². The number of ether oxygens (including phenoxy) is 2. The van der Waals surface area contributed by atoms with E-state index >= 15 is 0 Å². The topological polar surface area (TPSA) is 55.8 Å². The molecule has 0 radical (unpaired) electrons. The molecule has 1 aliphatic heterocycles. The summed E-state index contributed by atoms with van der Waals surface area (Å²) in [5.41, 5.74) is 2.15. The van der Waals surface area contributed by atoms with Crippen LogP contribution < -0.4 is 14.4 Å². The van der Waals surface area contributed by atoms with Crippen molar-refractivity contribution >= 4 is 68.9 Å². The van der Waals surface area contributed by atoms with Crippen molar-refractivity contribution in [2.24, 2.45) is 0 Å². The van der Waals surface area contributed by atoms with Gasteiger partial charge in [-0.2, -0.15) is 0 Å². The molecular weight excluding hydrogens is 561 g/mol. The van der Waals surface area contributed by atoms with Crippen molar-refractivity contribution in [1.82, 2.24) is 0 Å². The Balaban J connectivity index is 1.59. The van der Waals surface area contributed by atoms with Crippen LogP contribution in [0.3, 0.4) is 0 Å². The van der Waals surface area contributed by atoms with E-state index < -0.39 is 0 Å². The van der Waals surface area contributed by atoms with E-state index in [1.807, 2.05) is 36.4 Å². The first kappa shape index (κ1) is 22.7. The Labute approximate surface area is 208 Å². The second kappa shape index (κ2) is 9.97. The lowest BCUT2D eigenvalue weighted by molar-refractivity contribution is -0.113. The number of carbonyl (C=O) groups is 2. The van der Waals surface area contributed by atoms with E-state index in [9.17, 15) is 9.59 Å². The maximum atomic E-state index is 12.9. The van der Waals surface area contributed by atoms with E-state index in [1.165, 1.54) is 4.90 Å². The van der Waals surface area contributed by atoms with Gasteiger partial charge < -0.3 is 9.47 Å². The third-order valence-corrected chi connectivity index (χ3v) is 6.73. The SMILES string of the molecule is COc1cc(/C=C2\SC(=O)N(c3ccccc3)C2=O)cc(I)c1OCc1ccccc1Cl. The van der Waals surface area contributed by atoms with Crippen molar-refractivity contribution in [3.05, 3.63) is 91.4 Å². The van der Waals surface area contributed by atoms with Crippen LogP contribution in [0.25, 0.3) is 6.08 Å². The maximum Gasteiger partial charge on any atom is 0.298 e. The predicted molar refractivity (Wildman–Crippen MR) is 136 cm³/mol. The highest BCUT2D eigenvalue weighted by Crippen LogP contribution is 2.39. The molecule has 1 saturated heterocycles. The van der Waals surface area contributed by atoms with Gasteiger partial charge in [0.15, 0.2) is 11.5 Å². The number of halogens is 2. The van der Waals surface area contributed by atoms with Crippen LogP contribution in [0.2, 0.25) is 5.02 Å². The predicted octanol–water partition coefficient (Wildman–Crippen LogP) is 6.77. The number of rotatable bonds is 6. The molecule has 0 atom stereocenters. The van der Waals surface area contributed by atoms with Crippen molar-refractivity contribution in [1.29, 1.82) is 0 Å². The van der Waals surface area contributed by atoms with E-state index in [2.05, 4.69) is 22.6 Å². The second-order valence-corrected chi connectivity index (χ2v) is 9.33. The van der Waals surface area contributed by atoms with E-state index in [0.717, 1.165) is 26.5 Å². The molecule has 32 heavy (non-hydrogen) atoms. The molecule has 162 valence electrons. The van der Waals surface area contributed by atoms with Gasteiger partial charge in [0.25, 0.3) is 11.1 Å². The summed E-state index contributed by atoms with van der Waals surface area (Å²) >= 11 is 9.29. The van der Waals surface area contributed by atoms with Crippen molar-refractivity contribution in [3.63, 3.8) is 0 Å². The molecule has 3 aromatic carbocycles. The van der Waals surface area contributed by atoms with Gasteiger partial charge in [-0.25, -0.2) is 4.90 Å². The summed E-state index contributed by atoms with van der Waals surface area (Å²) in [6.07, 6.45) is 1.69. The fraction of sp³-hybridized carbons (Fsp3) is 0.0833. The number of para-hydroxylation sites is 1. The van der Waals surface area contributed by atoms with Crippen LogP contribution >= 0.6 is 46.0 Å². The third kappa shape index (κ3) is 4.79. The van der Waals surface area contributed by atoms with Gasteiger partial charge in [-0.15, -0.1) is 0 Å². The second-order valence-electron chi connectivity index (χ2n) is 6.77. The molecule has 1 aliphatic rings. The zero-order valence-electron chi connectivity index (χ0n) is 16.9. The molecule has 0 unspecified atom stereocenters. The first-order valence-electron chi connectivity index (χ1n) is 9.54. The van der Waals surface area contributed by atoms with Gasteiger partial charge in [-0.05, 0) is 76.3 Å². The lowest BCUT2D eigenvalue weighted by atomic mass is 10.1. The molecule has 0 bridgehead atoms. The van der Waals surface area contributed by atoms with Gasteiger partial charge in [-0.1, -0.05) is 48.0 Å². The molecule has 8 heteroatoms. The highest BCUT2D eigenvalue weighted by atomic mass is 127. The number of thioether (sulfide) groups is 1. The maximum absolute atomic E-state index is 12.9. The molecule has 1 heterocycles. The van der Waals surface area contributed by atoms with E-state index in [0.29, 0.717) is 33.7 Å². The average molecular weight is 578 g/mol. The first-order valence-corrected chi connectivity index (χ1v) is 11.8. The average Bonchev–Trinajstić information content (AvgIpc) is 3.07. The fourth-order valence-electron chi connectivity index (χ4n) is 3.15. The highest BCUT2D eigenvalue weighted by molar-refractivity contribution is 14.1. The van der Waals surface area contributed by atoms with Crippen LogP contribution in [0.4, 0.5) is 10.5 Å². The Hall–Kier alpha value is -2.49. The van der Waals surface area contributed by atoms with Crippen molar-refractivity contribution < 1.29 is 19.1 Å². The van der Waals surface area contributed by atoms with Gasteiger partial charge in [0, 0.05) is 10.6 Å². The number of imide groups is 1. The van der Waals surface area contributed by atoms with Gasteiger partial charge in [0.05, 0.1) is 21.3 Å². The highest BCUT2D eigenvalue weighted by Gasteiger charge is 2.36. The van der Waals surface area contributed by atoms with Crippen LogP contribution in [0.15, 0.2) is 71.6 Å². The van der Waals surface area contributed by atoms with E-state index in [4.69, 9.17) is 21.1 Å². The summed E-state index contributed by atoms with van der Waals surface area (Å²) in [4.78, 5) is 26.8. The van der Waals surface area contributed by atoms with Crippen LogP contribution in [0.1, 0.15) is 11.1 Å². The van der Waals surface area contributed by atoms with Crippen LogP contribution in [0.5, 0.6) is 11.5 Å². The number of hydrogen-bond acceptors (Lipinski definition) is 5. The Morgan fingerprint density at radius 2 is 1.78 bits per heavy atom. The summed E-state index contributed by atoms with van der Waals surface area (Å²) in [7, 11) is 1.56. The molecule has 0 N–H and O–H groups in total. The van der Waals surface area contributed by atoms with E-state index in [-0.39, 0.29) is 11.1 Å². The number of amides is 2. The molecule has 4 rings (SSSR count). The number of nitrogens with zero attached hydrogens (tertiary/aromatic N) is 1. The summed E-state index contributed by atoms with van der Waals surface area (Å²) in [6.45, 7) is 0.293. The summed E-state index contributed by atoms with van der Waals surface area (Å²) in [6, 6.07) is 20.0. The number of anilines is 1. The minimum absolute atomic E-state index is 0.293. The van der Waals surface area contributed by atoms with Crippen molar-refractivity contribution in [2.45, 2.75) is 6.61 Å². The Kier molecular flexibility index (Phi) is 7.07. The quantitative estimate of drug-likeness (QED) is 0.239. The van der Waals surface area contributed by atoms with Gasteiger partial charge >= 0.3 is 0 Å². The van der Waals surface area contributed by atoms with Gasteiger partial charge in [-0.3, -0.25) is 9.59 Å². The number of methoxy groups -OCH3 is 1. The molecule has 0 aliphatic carbocycles. The minimum Gasteiger partial charge on any atom is -0.493 e. The summed E-state index contributed by atoms with van der Waals surface area (Å²) in [5, 5.41) is 0.307. The Morgan fingerprint density at radius 1 is 1.06 bits per heavy atom. The van der Waals surface area contributed by atoms with Crippen LogP contribution in [-0.4, -0.2) is 18.3 Å².